The molecule has 0 bridgehead atoms. The lowest BCUT2D eigenvalue weighted by atomic mass is 9.76. The first-order valence-electron chi connectivity index (χ1n) is 6.64. The molecule has 1 aliphatic rings. The van der Waals surface area contributed by atoms with Crippen LogP contribution in [0.4, 0.5) is 0 Å². The number of hydrogen-bond donors (Lipinski definition) is 1. The lowest BCUT2D eigenvalue weighted by Crippen LogP contribution is -2.32. The number of hydrogen-bond acceptors (Lipinski definition) is 1. The average molecular weight is 209 g/mol. The molecule has 88 valence electrons. The summed E-state index contributed by atoms with van der Waals surface area (Å²) in [6.45, 7) is 6.05. The van der Waals surface area contributed by atoms with Gasteiger partial charge >= 0.3 is 0 Å². The highest BCUT2D eigenvalue weighted by atomic mass is 14.6. The van der Waals surface area contributed by atoms with Crippen LogP contribution in [0.1, 0.15) is 58.3 Å². The maximum Gasteiger partial charge on any atom is 0.00701 e. The smallest absolute Gasteiger partial charge is 0.00701 e. The highest BCUT2D eigenvalue weighted by molar-refractivity contribution is 4.81. The van der Waals surface area contributed by atoms with E-state index in [1.54, 1.807) is 0 Å². The van der Waals surface area contributed by atoms with Crippen LogP contribution in [0.25, 0.3) is 0 Å². The Morgan fingerprint density at radius 1 is 1.33 bits per heavy atom. The molecule has 0 aromatic heterocycles. The van der Waals surface area contributed by atoms with Crippen LogP contribution in [-0.2, 0) is 0 Å². The molecular formula is C14H27N. The SMILES string of the molecule is C=CCCC(N)C1CCC(CCC)CC1. The lowest BCUT2D eigenvalue weighted by molar-refractivity contribution is 0.229. The van der Waals surface area contributed by atoms with Gasteiger partial charge in [0.1, 0.15) is 0 Å². The number of nitrogens with two attached hydrogens (primary N) is 1. The van der Waals surface area contributed by atoms with E-state index in [1.165, 1.54) is 38.5 Å². The van der Waals surface area contributed by atoms with E-state index in [4.69, 9.17) is 5.73 Å². The predicted octanol–water partition coefficient (Wildman–Crippen LogP) is 3.89. The van der Waals surface area contributed by atoms with Gasteiger partial charge in [-0.05, 0) is 37.5 Å². The highest BCUT2D eigenvalue weighted by Gasteiger charge is 2.24. The molecule has 1 fully saturated rings. The first kappa shape index (κ1) is 12.8. The summed E-state index contributed by atoms with van der Waals surface area (Å²) < 4.78 is 0. The summed E-state index contributed by atoms with van der Waals surface area (Å²) in [6, 6.07) is 0.422. The Morgan fingerprint density at radius 2 is 2.00 bits per heavy atom. The molecule has 1 atom stereocenters. The summed E-state index contributed by atoms with van der Waals surface area (Å²) >= 11 is 0. The first-order chi connectivity index (χ1) is 7.27. The summed E-state index contributed by atoms with van der Waals surface area (Å²) in [5.74, 6) is 1.79. The largest absolute Gasteiger partial charge is 0.327 e. The quantitative estimate of drug-likeness (QED) is 0.660. The van der Waals surface area contributed by atoms with E-state index in [2.05, 4.69) is 13.5 Å². The second kappa shape index (κ2) is 7.05. The van der Waals surface area contributed by atoms with E-state index < -0.39 is 0 Å². The highest BCUT2D eigenvalue weighted by Crippen LogP contribution is 2.33. The molecule has 0 aromatic carbocycles. The fraction of sp³-hybridized carbons (Fsp3) is 0.857. The fourth-order valence-electron chi connectivity index (χ4n) is 2.86. The third-order valence-electron chi connectivity index (χ3n) is 3.90. The molecule has 1 saturated carbocycles. The summed E-state index contributed by atoms with van der Waals surface area (Å²) in [7, 11) is 0. The van der Waals surface area contributed by atoms with Gasteiger partial charge in [-0.3, -0.25) is 0 Å². The summed E-state index contributed by atoms with van der Waals surface area (Å²) in [5, 5.41) is 0. The Morgan fingerprint density at radius 3 is 2.53 bits per heavy atom. The molecule has 15 heavy (non-hydrogen) atoms. The van der Waals surface area contributed by atoms with Crippen LogP contribution in [0.2, 0.25) is 0 Å². The van der Waals surface area contributed by atoms with Gasteiger partial charge in [0.15, 0.2) is 0 Å². The normalized spacial score (nSPS) is 28.7. The minimum absolute atomic E-state index is 0.422. The third-order valence-corrected chi connectivity index (χ3v) is 3.90. The van der Waals surface area contributed by atoms with Crippen molar-refractivity contribution < 1.29 is 0 Å². The van der Waals surface area contributed by atoms with Gasteiger partial charge in [-0.25, -0.2) is 0 Å². The summed E-state index contributed by atoms with van der Waals surface area (Å²) in [4.78, 5) is 0. The minimum Gasteiger partial charge on any atom is -0.327 e. The van der Waals surface area contributed by atoms with Crippen LogP contribution < -0.4 is 5.73 Å². The molecule has 1 aliphatic carbocycles. The molecule has 1 rings (SSSR count). The van der Waals surface area contributed by atoms with Crippen molar-refractivity contribution in [2.24, 2.45) is 17.6 Å². The van der Waals surface area contributed by atoms with Gasteiger partial charge in [0.05, 0.1) is 0 Å². The van der Waals surface area contributed by atoms with Gasteiger partial charge in [0.25, 0.3) is 0 Å². The van der Waals surface area contributed by atoms with Crippen LogP contribution in [0.3, 0.4) is 0 Å². The van der Waals surface area contributed by atoms with E-state index >= 15 is 0 Å². The van der Waals surface area contributed by atoms with Gasteiger partial charge in [-0.1, -0.05) is 38.7 Å². The van der Waals surface area contributed by atoms with Gasteiger partial charge in [0.2, 0.25) is 0 Å². The molecule has 0 amide bonds. The summed E-state index contributed by atoms with van der Waals surface area (Å²) in [5.41, 5.74) is 6.21. The fourth-order valence-corrected chi connectivity index (χ4v) is 2.86. The van der Waals surface area contributed by atoms with Crippen molar-refractivity contribution in [1.29, 1.82) is 0 Å². The number of rotatable bonds is 6. The number of allylic oxidation sites excluding steroid dienone is 1. The van der Waals surface area contributed by atoms with Crippen LogP contribution in [-0.4, -0.2) is 6.04 Å². The minimum atomic E-state index is 0.422. The van der Waals surface area contributed by atoms with E-state index in [0.29, 0.717) is 6.04 Å². The van der Waals surface area contributed by atoms with Crippen LogP contribution in [0, 0.1) is 11.8 Å². The Balaban J connectivity index is 2.20. The van der Waals surface area contributed by atoms with Crippen molar-refractivity contribution in [3.63, 3.8) is 0 Å². The first-order valence-corrected chi connectivity index (χ1v) is 6.64. The standard InChI is InChI=1S/C14H27N/c1-3-5-7-14(15)13-10-8-12(6-4-2)9-11-13/h3,12-14H,1,4-11,15H2,2H3. The van der Waals surface area contributed by atoms with E-state index in [0.717, 1.165) is 24.7 Å². The maximum atomic E-state index is 6.21. The van der Waals surface area contributed by atoms with Crippen molar-refractivity contribution >= 4 is 0 Å². The molecule has 1 nitrogen and oxygen atoms in total. The zero-order valence-electron chi connectivity index (χ0n) is 10.3. The van der Waals surface area contributed by atoms with Gasteiger partial charge < -0.3 is 5.73 Å². The predicted molar refractivity (Wildman–Crippen MR) is 67.8 cm³/mol. The Bertz CT molecular complexity index is 168. The molecule has 2 N–H and O–H groups in total. The molecule has 0 aromatic rings. The van der Waals surface area contributed by atoms with Crippen molar-refractivity contribution in [2.75, 3.05) is 0 Å². The van der Waals surface area contributed by atoms with Crippen molar-refractivity contribution in [3.05, 3.63) is 12.7 Å². The van der Waals surface area contributed by atoms with E-state index in [9.17, 15) is 0 Å². The Labute approximate surface area is 95.1 Å². The van der Waals surface area contributed by atoms with Crippen LogP contribution in [0.15, 0.2) is 12.7 Å². The monoisotopic (exact) mass is 209 g/mol. The third kappa shape index (κ3) is 4.38. The molecule has 0 aliphatic heterocycles. The van der Waals surface area contributed by atoms with Crippen LogP contribution in [0.5, 0.6) is 0 Å². The molecular weight excluding hydrogens is 182 g/mol. The van der Waals surface area contributed by atoms with Crippen molar-refractivity contribution in [1.82, 2.24) is 0 Å². The van der Waals surface area contributed by atoms with Crippen molar-refractivity contribution in [2.45, 2.75) is 64.3 Å². The van der Waals surface area contributed by atoms with E-state index in [1.807, 2.05) is 6.08 Å². The molecule has 0 saturated heterocycles. The average Bonchev–Trinajstić information content (AvgIpc) is 2.27. The molecule has 0 radical (unpaired) electrons. The zero-order valence-corrected chi connectivity index (χ0v) is 10.3. The van der Waals surface area contributed by atoms with Gasteiger partial charge in [-0.15, -0.1) is 6.58 Å². The van der Waals surface area contributed by atoms with E-state index in [-0.39, 0.29) is 0 Å². The molecule has 0 heterocycles. The Kier molecular flexibility index (Phi) is 6.00. The summed E-state index contributed by atoms with van der Waals surface area (Å²) in [6.07, 6.45) is 12.5. The van der Waals surface area contributed by atoms with Crippen molar-refractivity contribution in [3.8, 4) is 0 Å². The molecule has 1 unspecified atom stereocenters. The second-order valence-corrected chi connectivity index (χ2v) is 5.10. The Hall–Kier alpha value is -0.300. The molecule has 0 spiro atoms. The van der Waals surface area contributed by atoms with Gasteiger partial charge in [0, 0.05) is 6.04 Å². The second-order valence-electron chi connectivity index (χ2n) is 5.10. The molecule has 1 heteroatoms. The maximum absolute atomic E-state index is 6.21. The lowest BCUT2D eigenvalue weighted by Gasteiger charge is -2.32. The van der Waals surface area contributed by atoms with Crippen LogP contribution >= 0.6 is 0 Å². The van der Waals surface area contributed by atoms with Gasteiger partial charge in [-0.2, -0.15) is 0 Å². The zero-order chi connectivity index (χ0) is 11.1. The topological polar surface area (TPSA) is 26.0 Å².